The van der Waals surface area contributed by atoms with E-state index in [1.54, 1.807) is 0 Å². The van der Waals surface area contributed by atoms with Gasteiger partial charge in [0.15, 0.2) is 0 Å². The first-order valence-electron chi connectivity index (χ1n) is 5.98. The van der Waals surface area contributed by atoms with Gasteiger partial charge in [-0.25, -0.2) is 0 Å². The predicted octanol–water partition coefficient (Wildman–Crippen LogP) is 1.67. The quantitative estimate of drug-likeness (QED) is 0.446. The summed E-state index contributed by atoms with van der Waals surface area (Å²) in [7, 11) is 0. The smallest absolute Gasteiger partial charge is 0.263 e. The summed E-state index contributed by atoms with van der Waals surface area (Å²) in [5.41, 5.74) is 0.112. The molecular weight excluding hydrogens is 238 g/mol. The van der Waals surface area contributed by atoms with Crippen LogP contribution in [0, 0.1) is 11.3 Å². The largest absolute Gasteiger partial charge is 0.387 e. The Labute approximate surface area is 107 Å². The topological polar surface area (TPSA) is 64.9 Å². The van der Waals surface area contributed by atoms with Crippen LogP contribution in [0.2, 0.25) is 0 Å². The third-order valence-corrected chi connectivity index (χ3v) is 3.00. The molecule has 1 aliphatic carbocycles. The number of halogens is 1. The number of nitrogens with zero attached hydrogens (tertiary/aromatic N) is 1. The molecule has 2 N–H and O–H groups in total. The molecule has 5 heteroatoms. The van der Waals surface area contributed by atoms with Gasteiger partial charge in [-0.3, -0.25) is 4.79 Å². The van der Waals surface area contributed by atoms with E-state index in [2.05, 4.69) is 10.6 Å². The monoisotopic (exact) mass is 255 g/mol. The van der Waals surface area contributed by atoms with Gasteiger partial charge in [0.1, 0.15) is 11.6 Å². The first kappa shape index (κ1) is 13.9. The summed E-state index contributed by atoms with van der Waals surface area (Å²) in [4.78, 5) is 11.5. The maximum atomic E-state index is 11.5. The van der Waals surface area contributed by atoms with E-state index in [0.717, 1.165) is 12.8 Å². The highest BCUT2D eigenvalue weighted by atomic mass is 35.5. The Morgan fingerprint density at radius 2 is 2.12 bits per heavy atom. The lowest BCUT2D eigenvalue weighted by Crippen LogP contribution is -2.30. The second kappa shape index (κ2) is 7.97. The van der Waals surface area contributed by atoms with Gasteiger partial charge in [-0.05, 0) is 12.8 Å². The molecule has 0 bridgehead atoms. The standard InChI is InChI=1S/C12H18ClN3O/c13-6-7-15-12(17)10(8-14)9-16-11-4-2-1-3-5-11/h9,11,16H,1-7H2,(H,15,17)/b10-9-. The summed E-state index contributed by atoms with van der Waals surface area (Å²) in [6, 6.07) is 2.29. The van der Waals surface area contributed by atoms with E-state index in [1.807, 2.05) is 6.07 Å². The molecule has 0 aromatic rings. The number of nitriles is 1. The normalized spacial score (nSPS) is 17.3. The lowest BCUT2D eigenvalue weighted by atomic mass is 9.96. The summed E-state index contributed by atoms with van der Waals surface area (Å²) < 4.78 is 0. The molecule has 0 aromatic carbocycles. The van der Waals surface area contributed by atoms with Crippen molar-refractivity contribution in [2.45, 2.75) is 38.1 Å². The van der Waals surface area contributed by atoms with Crippen molar-refractivity contribution in [3.8, 4) is 6.07 Å². The molecule has 94 valence electrons. The molecule has 0 heterocycles. The van der Waals surface area contributed by atoms with Crippen molar-refractivity contribution in [3.05, 3.63) is 11.8 Å². The average molecular weight is 256 g/mol. The van der Waals surface area contributed by atoms with Crippen LogP contribution in [0.4, 0.5) is 0 Å². The van der Waals surface area contributed by atoms with Gasteiger partial charge in [-0.2, -0.15) is 5.26 Å². The van der Waals surface area contributed by atoms with Crippen molar-refractivity contribution < 1.29 is 4.79 Å². The third-order valence-electron chi connectivity index (χ3n) is 2.81. The summed E-state index contributed by atoms with van der Waals surface area (Å²) in [5.74, 6) is -0.0167. The number of hydrogen-bond donors (Lipinski definition) is 2. The van der Waals surface area contributed by atoms with Crippen LogP contribution in [0.3, 0.4) is 0 Å². The van der Waals surface area contributed by atoms with E-state index in [1.165, 1.54) is 25.5 Å². The second-order valence-corrected chi connectivity index (χ2v) is 4.49. The van der Waals surface area contributed by atoms with E-state index in [0.29, 0.717) is 18.5 Å². The third kappa shape index (κ3) is 5.10. The fourth-order valence-electron chi connectivity index (χ4n) is 1.88. The Bertz CT molecular complexity index is 316. The summed E-state index contributed by atoms with van der Waals surface area (Å²) in [6.07, 6.45) is 7.46. The van der Waals surface area contributed by atoms with Crippen LogP contribution in [0.5, 0.6) is 0 Å². The predicted molar refractivity (Wildman–Crippen MR) is 67.4 cm³/mol. The Hall–Kier alpha value is -1.21. The van der Waals surface area contributed by atoms with Gasteiger partial charge in [0.2, 0.25) is 0 Å². The van der Waals surface area contributed by atoms with Gasteiger partial charge in [0.25, 0.3) is 5.91 Å². The Balaban J connectivity index is 2.43. The molecular formula is C12H18ClN3O. The molecule has 1 amide bonds. The molecule has 1 aliphatic rings. The number of amides is 1. The highest BCUT2D eigenvalue weighted by Crippen LogP contribution is 2.17. The summed E-state index contributed by atoms with van der Waals surface area (Å²) >= 11 is 5.46. The van der Waals surface area contributed by atoms with E-state index >= 15 is 0 Å². The lowest BCUT2D eigenvalue weighted by molar-refractivity contribution is -0.117. The van der Waals surface area contributed by atoms with E-state index in [9.17, 15) is 4.79 Å². The van der Waals surface area contributed by atoms with Crippen molar-refractivity contribution in [1.82, 2.24) is 10.6 Å². The van der Waals surface area contributed by atoms with Crippen LogP contribution >= 0.6 is 11.6 Å². The van der Waals surface area contributed by atoms with Crippen molar-refractivity contribution in [1.29, 1.82) is 5.26 Å². The van der Waals surface area contributed by atoms with Gasteiger partial charge in [-0.15, -0.1) is 11.6 Å². The van der Waals surface area contributed by atoms with Gasteiger partial charge in [0, 0.05) is 24.7 Å². The van der Waals surface area contributed by atoms with E-state index in [-0.39, 0.29) is 11.5 Å². The first-order chi connectivity index (χ1) is 8.27. The second-order valence-electron chi connectivity index (χ2n) is 4.12. The molecule has 0 aromatic heterocycles. The zero-order chi connectivity index (χ0) is 12.5. The summed E-state index contributed by atoms with van der Waals surface area (Å²) in [5, 5.41) is 14.6. The number of alkyl halides is 1. The number of carbonyl (C=O) groups excluding carboxylic acids is 1. The highest BCUT2D eigenvalue weighted by molar-refractivity contribution is 6.18. The van der Waals surface area contributed by atoms with Gasteiger partial charge in [0.05, 0.1) is 0 Å². The zero-order valence-electron chi connectivity index (χ0n) is 9.84. The molecule has 17 heavy (non-hydrogen) atoms. The number of nitrogens with one attached hydrogen (secondary N) is 2. The molecule has 0 spiro atoms. The van der Waals surface area contributed by atoms with E-state index < -0.39 is 0 Å². The molecule has 4 nitrogen and oxygen atoms in total. The fraction of sp³-hybridized carbons (Fsp3) is 0.667. The van der Waals surface area contributed by atoms with Crippen molar-refractivity contribution in [2.75, 3.05) is 12.4 Å². The van der Waals surface area contributed by atoms with Crippen LogP contribution in [-0.4, -0.2) is 24.4 Å². The molecule has 0 saturated heterocycles. The number of hydrogen-bond acceptors (Lipinski definition) is 3. The Morgan fingerprint density at radius 1 is 1.41 bits per heavy atom. The van der Waals surface area contributed by atoms with Gasteiger partial charge >= 0.3 is 0 Å². The lowest BCUT2D eigenvalue weighted by Gasteiger charge is -2.21. The Morgan fingerprint density at radius 3 is 2.71 bits per heavy atom. The highest BCUT2D eigenvalue weighted by Gasteiger charge is 2.13. The maximum Gasteiger partial charge on any atom is 0.263 e. The number of carbonyl (C=O) groups is 1. The van der Waals surface area contributed by atoms with Crippen molar-refractivity contribution in [2.24, 2.45) is 0 Å². The van der Waals surface area contributed by atoms with Crippen LogP contribution in [-0.2, 0) is 4.79 Å². The minimum absolute atomic E-state index is 0.112. The molecule has 1 fully saturated rings. The zero-order valence-corrected chi connectivity index (χ0v) is 10.6. The van der Waals surface area contributed by atoms with Crippen molar-refractivity contribution >= 4 is 17.5 Å². The van der Waals surface area contributed by atoms with Gasteiger partial charge in [-0.1, -0.05) is 19.3 Å². The maximum absolute atomic E-state index is 11.5. The van der Waals surface area contributed by atoms with Crippen LogP contribution in [0.1, 0.15) is 32.1 Å². The minimum Gasteiger partial charge on any atom is -0.387 e. The molecule has 0 radical (unpaired) electrons. The molecule has 0 unspecified atom stereocenters. The average Bonchev–Trinajstić information content (AvgIpc) is 2.38. The molecule has 1 saturated carbocycles. The van der Waals surface area contributed by atoms with Crippen LogP contribution < -0.4 is 10.6 Å². The van der Waals surface area contributed by atoms with E-state index in [4.69, 9.17) is 16.9 Å². The molecule has 0 aliphatic heterocycles. The first-order valence-corrected chi connectivity index (χ1v) is 6.52. The SMILES string of the molecule is N#C/C(=C/NC1CCCCC1)C(=O)NCCCl. The molecule has 1 rings (SSSR count). The van der Waals surface area contributed by atoms with Gasteiger partial charge < -0.3 is 10.6 Å². The minimum atomic E-state index is -0.364. The number of rotatable bonds is 5. The van der Waals surface area contributed by atoms with Crippen LogP contribution in [0.25, 0.3) is 0 Å². The molecule has 0 atom stereocenters. The van der Waals surface area contributed by atoms with Crippen molar-refractivity contribution in [3.63, 3.8) is 0 Å². The Kier molecular flexibility index (Phi) is 6.49. The van der Waals surface area contributed by atoms with Crippen LogP contribution in [0.15, 0.2) is 11.8 Å². The summed E-state index contributed by atoms with van der Waals surface area (Å²) in [6.45, 7) is 0.378. The fourth-order valence-corrected chi connectivity index (χ4v) is 1.97.